The lowest BCUT2D eigenvalue weighted by Gasteiger charge is -2.31. The molecule has 0 bridgehead atoms. The summed E-state index contributed by atoms with van der Waals surface area (Å²) in [5.41, 5.74) is 1.49. The van der Waals surface area contributed by atoms with Crippen LogP contribution in [0.5, 0.6) is 0 Å². The summed E-state index contributed by atoms with van der Waals surface area (Å²) in [6, 6.07) is 11.0. The minimum atomic E-state index is 0.327. The van der Waals surface area contributed by atoms with Gasteiger partial charge in [-0.15, -0.1) is 9.24 Å². The van der Waals surface area contributed by atoms with E-state index in [9.17, 15) is 0 Å². The van der Waals surface area contributed by atoms with Gasteiger partial charge >= 0.3 is 0 Å². The van der Waals surface area contributed by atoms with E-state index in [1.165, 1.54) is 95.5 Å². The molecule has 0 aromatic heterocycles. The van der Waals surface area contributed by atoms with Gasteiger partial charge in [-0.3, -0.25) is 0 Å². The SMILES string of the molecule is CCCCCCCCCCCCCCC(Cc1ccccc1)C(C)(C)P. The number of unbranched alkanes of at least 4 members (excludes halogenated alkanes) is 11. The van der Waals surface area contributed by atoms with E-state index in [0.29, 0.717) is 5.16 Å². The Hall–Kier alpha value is -0.350. The lowest BCUT2D eigenvalue weighted by Crippen LogP contribution is -2.26. The van der Waals surface area contributed by atoms with Crippen molar-refractivity contribution in [3.8, 4) is 0 Å². The predicted octanol–water partition coefficient (Wildman–Crippen LogP) is 8.59. The summed E-state index contributed by atoms with van der Waals surface area (Å²) in [7, 11) is 3.09. The predicted molar refractivity (Wildman–Crippen MR) is 123 cm³/mol. The normalized spacial score (nSPS) is 13.1. The van der Waals surface area contributed by atoms with Crippen LogP contribution in [0.15, 0.2) is 30.3 Å². The lowest BCUT2D eigenvalue weighted by atomic mass is 9.84. The van der Waals surface area contributed by atoms with Crippen LogP contribution >= 0.6 is 9.24 Å². The maximum absolute atomic E-state index is 3.09. The molecular weight excluding hydrogens is 331 g/mol. The first-order valence-electron chi connectivity index (χ1n) is 11.4. The smallest absolute Gasteiger partial charge is 0.0175 e. The Labute approximate surface area is 167 Å². The largest absolute Gasteiger partial charge is 0.131 e. The van der Waals surface area contributed by atoms with Gasteiger partial charge in [0.15, 0.2) is 0 Å². The van der Waals surface area contributed by atoms with E-state index in [0.717, 1.165) is 5.92 Å². The molecule has 0 fully saturated rings. The van der Waals surface area contributed by atoms with Gasteiger partial charge in [-0.25, -0.2) is 0 Å². The van der Waals surface area contributed by atoms with Crippen LogP contribution in [0.2, 0.25) is 0 Å². The second-order valence-corrected chi connectivity index (χ2v) is 10.4. The van der Waals surface area contributed by atoms with Crippen molar-refractivity contribution < 1.29 is 0 Å². The first kappa shape index (κ1) is 23.7. The van der Waals surface area contributed by atoms with E-state index in [-0.39, 0.29) is 0 Å². The van der Waals surface area contributed by atoms with Crippen LogP contribution in [-0.2, 0) is 6.42 Å². The van der Waals surface area contributed by atoms with E-state index >= 15 is 0 Å². The number of hydrogen-bond donors (Lipinski definition) is 0. The standard InChI is InChI=1S/C25H45P/c1-4-5-6-7-8-9-10-11-12-13-14-18-21-24(25(2,3)26)22-23-19-16-15-17-20-23/h15-17,19-20,24H,4-14,18,21-22,26H2,1-3H3. The van der Waals surface area contributed by atoms with Gasteiger partial charge < -0.3 is 0 Å². The first-order chi connectivity index (χ1) is 12.5. The molecule has 1 aromatic carbocycles. The van der Waals surface area contributed by atoms with Gasteiger partial charge in [0, 0.05) is 0 Å². The molecule has 0 spiro atoms. The van der Waals surface area contributed by atoms with Crippen molar-refractivity contribution in [2.75, 3.05) is 0 Å². The van der Waals surface area contributed by atoms with E-state index in [1.807, 2.05) is 0 Å². The minimum absolute atomic E-state index is 0.327. The molecule has 2 atom stereocenters. The Morgan fingerprint density at radius 3 is 1.65 bits per heavy atom. The molecule has 0 aliphatic carbocycles. The van der Waals surface area contributed by atoms with Crippen molar-refractivity contribution in [3.05, 3.63) is 35.9 Å². The number of hydrogen-bond acceptors (Lipinski definition) is 0. The average Bonchev–Trinajstić information content (AvgIpc) is 2.61. The Balaban J connectivity index is 2.07. The summed E-state index contributed by atoms with van der Waals surface area (Å²) >= 11 is 0. The van der Waals surface area contributed by atoms with Crippen molar-refractivity contribution in [3.63, 3.8) is 0 Å². The molecule has 0 aliphatic rings. The molecule has 1 rings (SSSR count). The van der Waals surface area contributed by atoms with Gasteiger partial charge in [-0.05, 0) is 29.5 Å². The molecule has 0 saturated heterocycles. The van der Waals surface area contributed by atoms with Crippen molar-refractivity contribution in [1.29, 1.82) is 0 Å². The first-order valence-corrected chi connectivity index (χ1v) is 11.9. The van der Waals surface area contributed by atoms with Crippen LogP contribution in [0.25, 0.3) is 0 Å². The third-order valence-electron chi connectivity index (χ3n) is 5.78. The highest BCUT2D eigenvalue weighted by molar-refractivity contribution is 7.18. The summed E-state index contributed by atoms with van der Waals surface area (Å²) in [4.78, 5) is 0. The fourth-order valence-electron chi connectivity index (χ4n) is 3.87. The Morgan fingerprint density at radius 2 is 1.19 bits per heavy atom. The van der Waals surface area contributed by atoms with E-state index < -0.39 is 0 Å². The van der Waals surface area contributed by atoms with Gasteiger partial charge in [0.1, 0.15) is 0 Å². The molecule has 0 amide bonds. The Bertz CT molecular complexity index is 418. The van der Waals surface area contributed by atoms with Crippen molar-refractivity contribution in [2.24, 2.45) is 5.92 Å². The van der Waals surface area contributed by atoms with E-state index in [1.54, 1.807) is 0 Å². The summed E-state index contributed by atoms with van der Waals surface area (Å²) in [6.07, 6.45) is 19.8. The molecule has 0 nitrogen and oxygen atoms in total. The molecule has 0 radical (unpaired) electrons. The molecular formula is C25H45P. The molecule has 0 heterocycles. The molecule has 26 heavy (non-hydrogen) atoms. The minimum Gasteiger partial charge on any atom is -0.131 e. The van der Waals surface area contributed by atoms with Gasteiger partial charge in [-0.2, -0.15) is 0 Å². The molecule has 1 heteroatoms. The summed E-state index contributed by atoms with van der Waals surface area (Å²) in [5.74, 6) is 0.762. The Morgan fingerprint density at radius 1 is 0.731 bits per heavy atom. The summed E-state index contributed by atoms with van der Waals surface area (Å²) in [6.45, 7) is 7.06. The van der Waals surface area contributed by atoms with Crippen LogP contribution in [-0.4, -0.2) is 5.16 Å². The van der Waals surface area contributed by atoms with E-state index in [4.69, 9.17) is 0 Å². The molecule has 1 aromatic rings. The van der Waals surface area contributed by atoms with Gasteiger partial charge in [0.25, 0.3) is 0 Å². The van der Waals surface area contributed by atoms with Gasteiger partial charge in [0.05, 0.1) is 0 Å². The monoisotopic (exact) mass is 376 g/mol. The maximum Gasteiger partial charge on any atom is -0.0175 e. The molecule has 2 unspecified atom stereocenters. The van der Waals surface area contributed by atoms with Crippen LogP contribution < -0.4 is 0 Å². The number of rotatable bonds is 16. The zero-order valence-corrected chi connectivity index (χ0v) is 19.1. The van der Waals surface area contributed by atoms with Crippen LogP contribution in [0.4, 0.5) is 0 Å². The second-order valence-electron chi connectivity index (χ2n) is 8.89. The third kappa shape index (κ3) is 12.1. The molecule has 0 aliphatic heterocycles. The quantitative estimate of drug-likeness (QED) is 0.200. The summed E-state index contributed by atoms with van der Waals surface area (Å²) < 4.78 is 0. The molecule has 150 valence electrons. The third-order valence-corrected chi connectivity index (χ3v) is 6.25. The van der Waals surface area contributed by atoms with Crippen molar-refractivity contribution in [1.82, 2.24) is 0 Å². The zero-order chi connectivity index (χ0) is 19.1. The summed E-state index contributed by atoms with van der Waals surface area (Å²) in [5, 5.41) is 0.327. The van der Waals surface area contributed by atoms with Gasteiger partial charge in [-0.1, -0.05) is 128 Å². The average molecular weight is 377 g/mol. The second kappa shape index (κ2) is 14.7. The zero-order valence-electron chi connectivity index (χ0n) is 17.9. The maximum atomic E-state index is 3.09. The van der Waals surface area contributed by atoms with Gasteiger partial charge in [0.2, 0.25) is 0 Å². The fraction of sp³-hybridized carbons (Fsp3) is 0.760. The topological polar surface area (TPSA) is 0 Å². The highest BCUT2D eigenvalue weighted by Gasteiger charge is 2.24. The van der Waals surface area contributed by atoms with Crippen LogP contribution in [0, 0.1) is 5.92 Å². The highest BCUT2D eigenvalue weighted by atomic mass is 31.0. The number of benzene rings is 1. The van der Waals surface area contributed by atoms with Crippen LogP contribution in [0.3, 0.4) is 0 Å². The highest BCUT2D eigenvalue weighted by Crippen LogP contribution is 2.34. The van der Waals surface area contributed by atoms with E-state index in [2.05, 4.69) is 60.3 Å². The molecule has 0 N–H and O–H groups in total. The molecule has 0 saturated carbocycles. The lowest BCUT2D eigenvalue weighted by molar-refractivity contribution is 0.373. The Kier molecular flexibility index (Phi) is 13.4. The van der Waals surface area contributed by atoms with Crippen molar-refractivity contribution in [2.45, 2.75) is 116 Å². The van der Waals surface area contributed by atoms with Crippen LogP contribution in [0.1, 0.15) is 110 Å². The van der Waals surface area contributed by atoms with Crippen molar-refractivity contribution >= 4 is 9.24 Å². The fourth-order valence-corrected chi connectivity index (χ4v) is 4.15.